The van der Waals surface area contributed by atoms with Crippen LogP contribution in [0.3, 0.4) is 0 Å². The lowest BCUT2D eigenvalue weighted by molar-refractivity contribution is 0.0212. The normalized spacial score (nSPS) is 11.8. The molecule has 0 spiro atoms. The highest BCUT2D eigenvalue weighted by atomic mass is 79.9. The first kappa shape index (κ1) is 27.8. The number of hydrogen-bond donors (Lipinski definition) is 0. The van der Waals surface area contributed by atoms with Crippen LogP contribution in [-0.2, 0) is 23.4 Å². The van der Waals surface area contributed by atoms with E-state index in [4.69, 9.17) is 9.95 Å². The number of carbonyl (C=O) groups is 1. The van der Waals surface area contributed by atoms with E-state index >= 15 is 0 Å². The van der Waals surface area contributed by atoms with Gasteiger partial charge in [-0.3, -0.25) is 4.90 Å². The molecule has 6 nitrogen and oxygen atoms in total. The second kappa shape index (κ2) is 11.8. The van der Waals surface area contributed by atoms with Crippen LogP contribution in [0.4, 0.5) is 4.79 Å². The average Bonchev–Trinajstić information content (AvgIpc) is 3.58. The van der Waals surface area contributed by atoms with Crippen molar-refractivity contribution in [3.8, 4) is 0 Å². The molecule has 0 saturated heterocycles. The molecule has 0 aliphatic heterocycles. The van der Waals surface area contributed by atoms with E-state index in [9.17, 15) is 4.79 Å². The van der Waals surface area contributed by atoms with Crippen LogP contribution in [0, 0.1) is 0 Å². The van der Waals surface area contributed by atoms with Gasteiger partial charge < -0.3 is 4.74 Å². The molecule has 0 saturated carbocycles. The molecule has 0 aliphatic carbocycles. The van der Waals surface area contributed by atoms with Gasteiger partial charge in [-0.1, -0.05) is 96.2 Å². The second-order valence-electron chi connectivity index (χ2n) is 10.5. The molecule has 0 unspecified atom stereocenters. The van der Waals surface area contributed by atoms with E-state index in [0.29, 0.717) is 6.54 Å². The third-order valence-corrected chi connectivity index (χ3v) is 8.10. The Bertz CT molecular complexity index is 1450. The minimum atomic E-state index is -0.832. The smallest absolute Gasteiger partial charge is 0.410 e. The molecule has 0 N–H and O–H groups in total. The zero-order valence-electron chi connectivity index (χ0n) is 22.7. The van der Waals surface area contributed by atoms with Gasteiger partial charge in [-0.05, 0) is 65.5 Å². The fraction of sp³-hybridized carbons (Fsp3) is 0.219. The number of hydrogen-bond acceptors (Lipinski definition) is 5. The number of aromatic nitrogens is 3. The van der Waals surface area contributed by atoms with E-state index in [-0.39, 0.29) is 6.54 Å². The molecular formula is C32H31BrN4O2S. The maximum atomic E-state index is 13.5. The van der Waals surface area contributed by atoms with Gasteiger partial charge in [-0.2, -0.15) is 0 Å². The predicted octanol–water partition coefficient (Wildman–Crippen LogP) is 7.88. The summed E-state index contributed by atoms with van der Waals surface area (Å²) in [6.45, 7) is 6.28. The largest absolute Gasteiger partial charge is 0.444 e. The number of ether oxygens (including phenoxy) is 1. The van der Waals surface area contributed by atoms with Gasteiger partial charge in [0.05, 0.1) is 28.8 Å². The van der Waals surface area contributed by atoms with E-state index in [1.807, 2.05) is 92.2 Å². The van der Waals surface area contributed by atoms with Gasteiger partial charge in [0.1, 0.15) is 11.1 Å². The van der Waals surface area contributed by atoms with Crippen molar-refractivity contribution >= 4 is 33.4 Å². The number of amides is 1. The number of rotatable bonds is 8. The van der Waals surface area contributed by atoms with Crippen molar-refractivity contribution in [3.05, 3.63) is 140 Å². The number of halogens is 1. The molecule has 0 bridgehead atoms. The fourth-order valence-electron chi connectivity index (χ4n) is 4.88. The highest BCUT2D eigenvalue weighted by molar-refractivity contribution is 9.11. The summed E-state index contributed by atoms with van der Waals surface area (Å²) in [6.07, 6.45) is 1.35. The number of carbonyl (C=O) groups excluding carboxylic acids is 1. The molecular weight excluding hydrogens is 584 g/mol. The summed E-state index contributed by atoms with van der Waals surface area (Å²) < 4.78 is 8.80. The van der Waals surface area contributed by atoms with E-state index in [1.165, 1.54) is 0 Å². The maximum Gasteiger partial charge on any atom is 0.410 e. The summed E-state index contributed by atoms with van der Waals surface area (Å²) in [5, 5.41) is 9.09. The third-order valence-electron chi connectivity index (χ3n) is 6.49. The van der Waals surface area contributed by atoms with Crippen LogP contribution < -0.4 is 0 Å². The van der Waals surface area contributed by atoms with Gasteiger partial charge >= 0.3 is 6.09 Å². The van der Waals surface area contributed by atoms with Gasteiger partial charge in [-0.25, -0.2) is 9.48 Å². The molecule has 5 aromatic rings. The molecule has 2 aromatic heterocycles. The Morgan fingerprint density at radius 3 is 1.80 bits per heavy atom. The van der Waals surface area contributed by atoms with E-state index in [1.54, 1.807) is 22.4 Å². The lowest BCUT2D eigenvalue weighted by atomic mass is 9.77. The standard InChI is InChI=1S/C32H31BrN4O2S/c1-31(2,3)39-30(38)36(23-28-19-20-29(33)40-28)22-27-21-34-35-37(27)32(24-13-7-4-8-14-24,25-15-9-5-10-16-25)26-17-11-6-12-18-26/h4-21H,22-23H2,1-3H3. The second-order valence-corrected chi connectivity index (χ2v) is 13.0. The van der Waals surface area contributed by atoms with Crippen molar-refractivity contribution in [1.29, 1.82) is 0 Å². The van der Waals surface area contributed by atoms with Gasteiger partial charge in [0.25, 0.3) is 0 Å². The Kier molecular flexibility index (Phi) is 8.19. The molecule has 1 amide bonds. The molecule has 0 aliphatic rings. The number of nitrogens with zero attached hydrogens (tertiary/aromatic N) is 4. The summed E-state index contributed by atoms with van der Waals surface area (Å²) in [5.41, 5.74) is 2.41. The molecule has 0 radical (unpaired) electrons. The van der Waals surface area contributed by atoms with Crippen LogP contribution in [0.2, 0.25) is 0 Å². The third kappa shape index (κ3) is 5.88. The summed E-state index contributed by atoms with van der Waals surface area (Å²) in [7, 11) is 0. The molecule has 0 fully saturated rings. The van der Waals surface area contributed by atoms with E-state index < -0.39 is 17.2 Å². The van der Waals surface area contributed by atoms with Crippen LogP contribution in [-0.4, -0.2) is 31.6 Å². The Hall–Kier alpha value is -3.75. The average molecular weight is 616 g/mol. The predicted molar refractivity (Wildman–Crippen MR) is 162 cm³/mol. The monoisotopic (exact) mass is 614 g/mol. The maximum absolute atomic E-state index is 13.5. The lowest BCUT2D eigenvalue weighted by Gasteiger charge is -2.37. The number of thiophene rings is 1. The topological polar surface area (TPSA) is 60.2 Å². The summed E-state index contributed by atoms with van der Waals surface area (Å²) in [5.74, 6) is 0. The van der Waals surface area contributed by atoms with Gasteiger partial charge in [-0.15, -0.1) is 16.4 Å². The summed E-state index contributed by atoms with van der Waals surface area (Å²) in [4.78, 5) is 16.3. The van der Waals surface area contributed by atoms with E-state index in [0.717, 1.165) is 31.0 Å². The van der Waals surface area contributed by atoms with E-state index in [2.05, 4.69) is 57.4 Å². The fourth-order valence-corrected chi connectivity index (χ4v) is 6.38. The van der Waals surface area contributed by atoms with Crippen molar-refractivity contribution in [2.75, 3.05) is 0 Å². The summed E-state index contributed by atoms with van der Waals surface area (Å²) >= 11 is 5.14. The van der Waals surface area contributed by atoms with Crippen molar-refractivity contribution in [1.82, 2.24) is 19.9 Å². The van der Waals surface area contributed by atoms with Crippen LogP contribution in [0.25, 0.3) is 0 Å². The molecule has 0 atom stereocenters. The minimum absolute atomic E-state index is 0.256. The summed E-state index contributed by atoms with van der Waals surface area (Å²) in [6, 6.07) is 34.9. The van der Waals surface area contributed by atoms with Crippen LogP contribution in [0.15, 0.2) is 113 Å². The highest BCUT2D eigenvalue weighted by Gasteiger charge is 2.41. The lowest BCUT2D eigenvalue weighted by Crippen LogP contribution is -2.42. The first-order valence-electron chi connectivity index (χ1n) is 13.1. The van der Waals surface area contributed by atoms with Gasteiger partial charge in [0.2, 0.25) is 0 Å². The van der Waals surface area contributed by atoms with Crippen molar-refractivity contribution in [3.63, 3.8) is 0 Å². The van der Waals surface area contributed by atoms with Crippen molar-refractivity contribution in [2.24, 2.45) is 0 Å². The first-order chi connectivity index (χ1) is 19.3. The minimum Gasteiger partial charge on any atom is -0.444 e. The van der Waals surface area contributed by atoms with Crippen LogP contribution in [0.1, 0.15) is 48.0 Å². The highest BCUT2D eigenvalue weighted by Crippen LogP contribution is 2.41. The van der Waals surface area contributed by atoms with Crippen molar-refractivity contribution < 1.29 is 9.53 Å². The molecule has 2 heterocycles. The first-order valence-corrected chi connectivity index (χ1v) is 14.7. The zero-order valence-corrected chi connectivity index (χ0v) is 25.1. The quantitative estimate of drug-likeness (QED) is 0.167. The van der Waals surface area contributed by atoms with Gasteiger partial charge in [0, 0.05) is 4.88 Å². The van der Waals surface area contributed by atoms with Crippen molar-refractivity contribution in [2.45, 2.75) is 45.0 Å². The molecule has 8 heteroatoms. The molecule has 5 rings (SSSR count). The Labute approximate surface area is 247 Å². The van der Waals surface area contributed by atoms with Crippen LogP contribution in [0.5, 0.6) is 0 Å². The SMILES string of the molecule is CC(C)(C)OC(=O)N(Cc1ccc(Br)s1)Cc1cnnn1C(c1ccccc1)(c1ccccc1)c1ccccc1. The Morgan fingerprint density at radius 2 is 1.35 bits per heavy atom. The van der Waals surface area contributed by atoms with Gasteiger partial charge in [0.15, 0.2) is 0 Å². The Balaban J connectivity index is 1.67. The molecule has 204 valence electrons. The number of benzene rings is 3. The molecule has 3 aromatic carbocycles. The zero-order chi connectivity index (χ0) is 28.2. The Morgan fingerprint density at radius 1 is 0.825 bits per heavy atom. The van der Waals surface area contributed by atoms with Crippen LogP contribution >= 0.6 is 27.3 Å². The molecule has 40 heavy (non-hydrogen) atoms.